The maximum absolute atomic E-state index is 12.6. The number of amides is 1. The molecule has 3 aromatic carbocycles. The molecule has 172 valence electrons. The highest BCUT2D eigenvalue weighted by atomic mass is 35.5. The maximum Gasteiger partial charge on any atom is 0.261 e. The summed E-state index contributed by atoms with van der Waals surface area (Å²) in [6.07, 6.45) is -0.636. The normalized spacial score (nSPS) is 15.2. The largest absolute Gasteiger partial charge is 0.479 e. The van der Waals surface area contributed by atoms with Crippen LogP contribution < -0.4 is 15.0 Å². The highest BCUT2D eigenvalue weighted by molar-refractivity contribution is 6.32. The van der Waals surface area contributed by atoms with Gasteiger partial charge in [-0.25, -0.2) is 0 Å². The molecule has 4 rings (SSSR count). The Labute approximate surface area is 200 Å². The minimum Gasteiger partial charge on any atom is -0.479 e. The molecule has 0 radical (unpaired) electrons. The zero-order chi connectivity index (χ0) is 23.0. The Hall–Kier alpha value is -3.02. The standard InChI is InChI=1S/C27H30ClN3O2/c1-21(33-26-14-8-7-13-25(26)28)27(32)29-19-22-9-5-6-10-23(22)20-30-15-17-31(18-16-30)24-11-3-2-4-12-24/h2-14,21H,15-20H2,1H3,(H,29,32). The molecule has 6 heteroatoms. The van der Waals surface area contributed by atoms with E-state index in [0.29, 0.717) is 17.3 Å². The minimum absolute atomic E-state index is 0.166. The third-order valence-electron chi connectivity index (χ3n) is 5.97. The predicted molar refractivity (Wildman–Crippen MR) is 134 cm³/mol. The van der Waals surface area contributed by atoms with Crippen LogP contribution in [-0.2, 0) is 17.9 Å². The zero-order valence-corrected chi connectivity index (χ0v) is 19.7. The summed E-state index contributed by atoms with van der Waals surface area (Å²) in [7, 11) is 0. The molecule has 0 saturated carbocycles. The number of nitrogens with one attached hydrogen (secondary N) is 1. The van der Waals surface area contributed by atoms with Gasteiger partial charge in [0.25, 0.3) is 5.91 Å². The molecule has 0 aromatic heterocycles. The lowest BCUT2D eigenvalue weighted by molar-refractivity contribution is -0.127. The molecule has 0 aliphatic carbocycles. The van der Waals surface area contributed by atoms with Crippen molar-refractivity contribution in [2.45, 2.75) is 26.1 Å². The highest BCUT2D eigenvalue weighted by Crippen LogP contribution is 2.24. The number of hydrogen-bond donors (Lipinski definition) is 1. The van der Waals surface area contributed by atoms with Gasteiger partial charge in [-0.2, -0.15) is 0 Å². The number of carbonyl (C=O) groups excluding carboxylic acids is 1. The van der Waals surface area contributed by atoms with E-state index in [0.717, 1.165) is 38.3 Å². The number of anilines is 1. The van der Waals surface area contributed by atoms with E-state index in [2.05, 4.69) is 63.6 Å². The van der Waals surface area contributed by atoms with E-state index in [1.807, 2.05) is 18.2 Å². The molecule has 1 atom stereocenters. The highest BCUT2D eigenvalue weighted by Gasteiger charge is 2.19. The average molecular weight is 464 g/mol. The van der Waals surface area contributed by atoms with Crippen molar-refractivity contribution in [3.05, 3.63) is 95.0 Å². The van der Waals surface area contributed by atoms with Crippen molar-refractivity contribution < 1.29 is 9.53 Å². The first-order valence-electron chi connectivity index (χ1n) is 11.4. The van der Waals surface area contributed by atoms with Crippen molar-refractivity contribution >= 4 is 23.2 Å². The number of nitrogens with zero attached hydrogens (tertiary/aromatic N) is 2. The van der Waals surface area contributed by atoms with Gasteiger partial charge in [-0.15, -0.1) is 0 Å². The number of ether oxygens (including phenoxy) is 1. The van der Waals surface area contributed by atoms with E-state index >= 15 is 0 Å². The summed E-state index contributed by atoms with van der Waals surface area (Å²) in [5.74, 6) is 0.345. The van der Waals surface area contributed by atoms with Gasteiger partial charge in [0.1, 0.15) is 5.75 Å². The summed E-state index contributed by atoms with van der Waals surface area (Å²) in [5.41, 5.74) is 3.65. The Balaban J connectivity index is 1.30. The topological polar surface area (TPSA) is 44.8 Å². The fraction of sp³-hybridized carbons (Fsp3) is 0.296. The van der Waals surface area contributed by atoms with Crippen LogP contribution in [0.15, 0.2) is 78.9 Å². The quantitative estimate of drug-likeness (QED) is 0.523. The van der Waals surface area contributed by atoms with Crippen molar-refractivity contribution in [2.75, 3.05) is 31.1 Å². The third-order valence-corrected chi connectivity index (χ3v) is 6.28. The minimum atomic E-state index is -0.636. The Morgan fingerprint density at radius 3 is 2.27 bits per heavy atom. The predicted octanol–water partition coefficient (Wildman–Crippen LogP) is 4.75. The molecule has 1 amide bonds. The van der Waals surface area contributed by atoms with Gasteiger partial charge in [0, 0.05) is 45.0 Å². The second kappa shape index (κ2) is 11.2. The van der Waals surface area contributed by atoms with Gasteiger partial charge in [0.05, 0.1) is 5.02 Å². The molecule has 1 N–H and O–H groups in total. The molecular weight excluding hydrogens is 434 g/mol. The fourth-order valence-electron chi connectivity index (χ4n) is 4.04. The molecule has 3 aromatic rings. The van der Waals surface area contributed by atoms with Crippen LogP contribution >= 0.6 is 11.6 Å². The Bertz CT molecular complexity index is 1050. The summed E-state index contributed by atoms with van der Waals surface area (Å²) in [6.45, 7) is 7.13. The van der Waals surface area contributed by atoms with Gasteiger partial charge in [0.15, 0.2) is 6.10 Å². The molecule has 0 bridgehead atoms. The number of piperazine rings is 1. The van der Waals surface area contributed by atoms with E-state index < -0.39 is 6.10 Å². The van der Waals surface area contributed by atoms with Crippen molar-refractivity contribution in [3.63, 3.8) is 0 Å². The van der Waals surface area contributed by atoms with Crippen LogP contribution in [0.25, 0.3) is 0 Å². The van der Waals surface area contributed by atoms with E-state index in [-0.39, 0.29) is 5.91 Å². The summed E-state index contributed by atoms with van der Waals surface area (Å²) in [6, 6.07) is 26.1. The van der Waals surface area contributed by atoms with Crippen LogP contribution in [0.5, 0.6) is 5.75 Å². The molecule has 1 aliphatic rings. The molecule has 5 nitrogen and oxygen atoms in total. The molecular formula is C27H30ClN3O2. The fourth-order valence-corrected chi connectivity index (χ4v) is 4.22. The molecule has 1 fully saturated rings. The van der Waals surface area contributed by atoms with Crippen LogP contribution in [-0.4, -0.2) is 43.1 Å². The second-order valence-corrected chi connectivity index (χ2v) is 8.68. The van der Waals surface area contributed by atoms with Gasteiger partial charge in [-0.05, 0) is 42.3 Å². The van der Waals surface area contributed by atoms with Crippen molar-refractivity contribution in [1.82, 2.24) is 10.2 Å². The lowest BCUT2D eigenvalue weighted by atomic mass is 10.1. The van der Waals surface area contributed by atoms with Crippen LogP contribution in [0.3, 0.4) is 0 Å². The zero-order valence-electron chi connectivity index (χ0n) is 18.9. The number of carbonyl (C=O) groups is 1. The van der Waals surface area contributed by atoms with E-state index in [4.69, 9.17) is 16.3 Å². The molecule has 1 aliphatic heterocycles. The summed E-state index contributed by atoms with van der Waals surface area (Å²) >= 11 is 6.14. The average Bonchev–Trinajstić information content (AvgIpc) is 2.85. The number of halogens is 1. The molecule has 1 saturated heterocycles. The van der Waals surface area contributed by atoms with Crippen LogP contribution in [0.1, 0.15) is 18.1 Å². The molecule has 0 spiro atoms. The Kier molecular flexibility index (Phi) is 7.87. The Morgan fingerprint density at radius 1 is 0.909 bits per heavy atom. The molecule has 33 heavy (non-hydrogen) atoms. The lowest BCUT2D eigenvalue weighted by Crippen LogP contribution is -2.46. The SMILES string of the molecule is CC(Oc1ccccc1Cl)C(=O)NCc1ccccc1CN1CCN(c2ccccc2)CC1. The van der Waals surface area contributed by atoms with Crippen LogP contribution in [0, 0.1) is 0 Å². The number of hydrogen-bond acceptors (Lipinski definition) is 4. The van der Waals surface area contributed by atoms with Crippen molar-refractivity contribution in [2.24, 2.45) is 0 Å². The van der Waals surface area contributed by atoms with Crippen LogP contribution in [0.2, 0.25) is 5.02 Å². The maximum atomic E-state index is 12.6. The van der Waals surface area contributed by atoms with Gasteiger partial charge in [-0.3, -0.25) is 9.69 Å². The number of benzene rings is 3. The van der Waals surface area contributed by atoms with E-state index in [1.165, 1.54) is 11.3 Å². The lowest BCUT2D eigenvalue weighted by Gasteiger charge is -2.36. The monoisotopic (exact) mass is 463 g/mol. The second-order valence-electron chi connectivity index (χ2n) is 8.28. The van der Waals surface area contributed by atoms with Gasteiger partial charge < -0.3 is 15.0 Å². The summed E-state index contributed by atoms with van der Waals surface area (Å²) in [4.78, 5) is 17.5. The van der Waals surface area contributed by atoms with E-state index in [9.17, 15) is 4.79 Å². The molecule has 1 unspecified atom stereocenters. The smallest absolute Gasteiger partial charge is 0.261 e. The van der Waals surface area contributed by atoms with Gasteiger partial charge in [-0.1, -0.05) is 66.2 Å². The first kappa shape index (κ1) is 23.1. The summed E-state index contributed by atoms with van der Waals surface area (Å²) < 4.78 is 5.74. The van der Waals surface area contributed by atoms with E-state index in [1.54, 1.807) is 19.1 Å². The first-order chi connectivity index (χ1) is 16.1. The van der Waals surface area contributed by atoms with Crippen molar-refractivity contribution in [3.8, 4) is 5.75 Å². The Morgan fingerprint density at radius 2 is 1.55 bits per heavy atom. The number of para-hydroxylation sites is 2. The van der Waals surface area contributed by atoms with Crippen molar-refractivity contribution in [1.29, 1.82) is 0 Å². The molecule has 1 heterocycles. The third kappa shape index (κ3) is 6.28. The summed E-state index contributed by atoms with van der Waals surface area (Å²) in [5, 5.41) is 3.51. The van der Waals surface area contributed by atoms with Gasteiger partial charge >= 0.3 is 0 Å². The first-order valence-corrected chi connectivity index (χ1v) is 11.8. The number of rotatable bonds is 8. The van der Waals surface area contributed by atoms with Crippen LogP contribution in [0.4, 0.5) is 5.69 Å². The van der Waals surface area contributed by atoms with Gasteiger partial charge in [0.2, 0.25) is 0 Å².